The zero-order valence-corrected chi connectivity index (χ0v) is 10.7. The van der Waals surface area contributed by atoms with E-state index in [4.69, 9.17) is 21.6 Å². The molecule has 0 saturated carbocycles. The fourth-order valence-electron chi connectivity index (χ4n) is 1.43. The molecule has 5 heteroatoms. The molecule has 0 fully saturated rings. The monoisotopic (exact) mass is 259 g/mol. The highest BCUT2D eigenvalue weighted by Crippen LogP contribution is 2.26. The highest BCUT2D eigenvalue weighted by atomic mass is 35.5. The molecule has 0 saturated heterocycles. The van der Waals surface area contributed by atoms with E-state index in [1.807, 2.05) is 6.92 Å². The zero-order chi connectivity index (χ0) is 13.1. The maximum Gasteiger partial charge on any atom is 0.257 e. The number of hydrogen-bond donors (Lipinski definition) is 0. The Kier molecular flexibility index (Phi) is 3.45. The molecule has 0 N–H and O–H groups in total. The van der Waals surface area contributed by atoms with Gasteiger partial charge in [0.2, 0.25) is 0 Å². The molecule has 0 unspecified atom stereocenters. The topological polar surface area (TPSA) is 58.8 Å². The fraction of sp³-hybridized carbons (Fsp3) is 0.154. The molecular formula is C13H10ClN3O. The number of nitrogens with zero attached hydrogens (tertiary/aromatic N) is 3. The second-order valence-corrected chi connectivity index (χ2v) is 4.20. The van der Waals surface area contributed by atoms with Gasteiger partial charge in [0, 0.05) is 5.02 Å². The smallest absolute Gasteiger partial charge is 0.257 e. The molecule has 1 aromatic carbocycles. The Balaban J connectivity index is 2.42. The molecule has 90 valence electrons. The summed E-state index contributed by atoms with van der Waals surface area (Å²) in [5.74, 6) is 0.722. The van der Waals surface area contributed by atoms with Gasteiger partial charge in [-0.1, -0.05) is 17.7 Å². The first kappa shape index (κ1) is 12.3. The summed E-state index contributed by atoms with van der Waals surface area (Å²) in [7, 11) is 0. The van der Waals surface area contributed by atoms with Crippen LogP contribution in [0.3, 0.4) is 0 Å². The van der Waals surface area contributed by atoms with Crippen molar-refractivity contribution < 1.29 is 4.74 Å². The van der Waals surface area contributed by atoms with Crippen LogP contribution in [0.2, 0.25) is 5.02 Å². The third kappa shape index (κ3) is 2.41. The summed E-state index contributed by atoms with van der Waals surface area (Å²) in [6, 6.07) is 8.98. The van der Waals surface area contributed by atoms with Crippen LogP contribution < -0.4 is 4.74 Å². The van der Waals surface area contributed by atoms with Crippen LogP contribution in [-0.4, -0.2) is 10.2 Å². The molecule has 2 aromatic rings. The SMILES string of the molecule is Cc1nnc(Oc2cccc(Cl)c2)c(C#N)c1C. The highest BCUT2D eigenvalue weighted by Gasteiger charge is 2.12. The van der Waals surface area contributed by atoms with Crippen LogP contribution in [0.4, 0.5) is 0 Å². The largest absolute Gasteiger partial charge is 0.436 e. The molecule has 0 spiro atoms. The number of ether oxygens (including phenoxy) is 1. The molecule has 4 nitrogen and oxygen atoms in total. The number of aryl methyl sites for hydroxylation is 1. The number of aromatic nitrogens is 2. The maximum atomic E-state index is 9.13. The number of rotatable bonds is 2. The van der Waals surface area contributed by atoms with E-state index in [1.165, 1.54) is 0 Å². The number of hydrogen-bond acceptors (Lipinski definition) is 4. The Morgan fingerprint density at radius 1 is 1.28 bits per heavy atom. The van der Waals surface area contributed by atoms with Crippen molar-refractivity contribution in [1.29, 1.82) is 5.26 Å². The minimum absolute atomic E-state index is 0.197. The molecule has 0 atom stereocenters. The van der Waals surface area contributed by atoms with Crippen LogP contribution in [0, 0.1) is 25.2 Å². The second-order valence-electron chi connectivity index (χ2n) is 3.76. The van der Waals surface area contributed by atoms with Gasteiger partial charge in [-0.05, 0) is 37.6 Å². The molecule has 1 aromatic heterocycles. The molecule has 18 heavy (non-hydrogen) atoms. The first-order valence-corrected chi connectivity index (χ1v) is 5.67. The third-order valence-electron chi connectivity index (χ3n) is 2.54. The van der Waals surface area contributed by atoms with E-state index >= 15 is 0 Å². The van der Waals surface area contributed by atoms with Gasteiger partial charge in [0.05, 0.1) is 5.69 Å². The Morgan fingerprint density at radius 3 is 2.72 bits per heavy atom. The summed E-state index contributed by atoms with van der Waals surface area (Å²) in [6.07, 6.45) is 0. The Labute approximate surface area is 110 Å². The van der Waals surface area contributed by atoms with E-state index in [2.05, 4.69) is 16.3 Å². The van der Waals surface area contributed by atoms with Crippen LogP contribution in [0.25, 0.3) is 0 Å². The van der Waals surface area contributed by atoms with Crippen molar-refractivity contribution in [2.45, 2.75) is 13.8 Å². The van der Waals surface area contributed by atoms with E-state index in [0.717, 1.165) is 5.56 Å². The maximum absolute atomic E-state index is 9.13. The number of benzene rings is 1. The van der Waals surface area contributed by atoms with Crippen LogP contribution in [0.1, 0.15) is 16.8 Å². The van der Waals surface area contributed by atoms with Gasteiger partial charge in [0.15, 0.2) is 0 Å². The molecular weight excluding hydrogens is 250 g/mol. The summed E-state index contributed by atoms with van der Waals surface area (Å²) >= 11 is 5.86. The molecule has 0 radical (unpaired) electrons. The lowest BCUT2D eigenvalue weighted by atomic mass is 10.1. The van der Waals surface area contributed by atoms with Gasteiger partial charge in [-0.15, -0.1) is 5.10 Å². The molecule has 0 aliphatic carbocycles. The first-order valence-electron chi connectivity index (χ1n) is 5.29. The molecule has 0 amide bonds. The summed E-state index contributed by atoms with van der Waals surface area (Å²) in [6.45, 7) is 3.61. The van der Waals surface area contributed by atoms with E-state index < -0.39 is 0 Å². The summed E-state index contributed by atoms with van der Waals surface area (Å²) in [4.78, 5) is 0. The van der Waals surface area contributed by atoms with Crippen molar-refractivity contribution in [2.75, 3.05) is 0 Å². The molecule has 0 aliphatic heterocycles. The van der Waals surface area contributed by atoms with Crippen LogP contribution in [0.5, 0.6) is 11.6 Å². The third-order valence-corrected chi connectivity index (χ3v) is 2.78. The number of halogens is 1. The summed E-state index contributed by atoms with van der Waals surface area (Å²) < 4.78 is 5.54. The van der Waals surface area contributed by atoms with Gasteiger partial charge < -0.3 is 4.74 Å². The van der Waals surface area contributed by atoms with Crippen molar-refractivity contribution >= 4 is 11.6 Å². The lowest BCUT2D eigenvalue weighted by molar-refractivity contribution is 0.452. The van der Waals surface area contributed by atoms with Crippen LogP contribution >= 0.6 is 11.6 Å². The van der Waals surface area contributed by atoms with Gasteiger partial charge in [-0.25, -0.2) is 0 Å². The first-order chi connectivity index (χ1) is 8.61. The van der Waals surface area contributed by atoms with Gasteiger partial charge in [-0.3, -0.25) is 0 Å². The van der Waals surface area contributed by atoms with Crippen molar-refractivity contribution in [1.82, 2.24) is 10.2 Å². The Bertz CT molecular complexity index is 635. The summed E-state index contributed by atoms with van der Waals surface area (Å²) in [5.41, 5.74) is 1.87. The minimum atomic E-state index is 0.197. The quantitative estimate of drug-likeness (QED) is 0.829. The van der Waals surface area contributed by atoms with Gasteiger partial charge in [0.25, 0.3) is 5.88 Å². The van der Waals surface area contributed by atoms with E-state index in [-0.39, 0.29) is 5.88 Å². The lowest BCUT2D eigenvalue weighted by Crippen LogP contribution is -2.00. The molecule has 0 bridgehead atoms. The van der Waals surface area contributed by atoms with Crippen LogP contribution in [-0.2, 0) is 0 Å². The Hall–Kier alpha value is -2.12. The Morgan fingerprint density at radius 2 is 2.06 bits per heavy atom. The van der Waals surface area contributed by atoms with Gasteiger partial charge in [-0.2, -0.15) is 10.4 Å². The normalized spacial score (nSPS) is 9.89. The fourth-order valence-corrected chi connectivity index (χ4v) is 1.61. The lowest BCUT2D eigenvalue weighted by Gasteiger charge is -2.08. The van der Waals surface area contributed by atoms with E-state index in [1.54, 1.807) is 31.2 Å². The highest BCUT2D eigenvalue weighted by molar-refractivity contribution is 6.30. The van der Waals surface area contributed by atoms with Crippen LogP contribution in [0.15, 0.2) is 24.3 Å². The predicted molar refractivity (Wildman–Crippen MR) is 67.7 cm³/mol. The molecule has 0 aliphatic rings. The molecule has 2 rings (SSSR count). The van der Waals surface area contributed by atoms with Crippen molar-refractivity contribution in [2.24, 2.45) is 0 Å². The van der Waals surface area contributed by atoms with Crippen molar-refractivity contribution in [3.63, 3.8) is 0 Å². The second kappa shape index (κ2) is 5.03. The van der Waals surface area contributed by atoms with Gasteiger partial charge >= 0.3 is 0 Å². The predicted octanol–water partition coefficient (Wildman–Crippen LogP) is 3.41. The number of nitriles is 1. The average Bonchev–Trinajstić information content (AvgIpc) is 2.34. The van der Waals surface area contributed by atoms with Crippen molar-refractivity contribution in [3.05, 3.63) is 46.1 Å². The van der Waals surface area contributed by atoms with Crippen molar-refractivity contribution in [3.8, 4) is 17.7 Å². The summed E-state index contributed by atoms with van der Waals surface area (Å²) in [5, 5.41) is 17.5. The average molecular weight is 260 g/mol. The standard InChI is InChI=1S/C13H10ClN3O/c1-8-9(2)16-17-13(12(8)7-15)18-11-5-3-4-10(14)6-11/h3-6H,1-2H3. The minimum Gasteiger partial charge on any atom is -0.436 e. The van der Waals surface area contributed by atoms with Gasteiger partial charge in [0.1, 0.15) is 17.4 Å². The van der Waals surface area contributed by atoms with E-state index in [9.17, 15) is 0 Å². The zero-order valence-electron chi connectivity index (χ0n) is 9.94. The van der Waals surface area contributed by atoms with E-state index in [0.29, 0.717) is 22.0 Å². The molecule has 1 heterocycles.